The number of carbonyl (C=O) groups is 1. The number of nitrogens with one attached hydrogen (secondary N) is 1. The van der Waals surface area contributed by atoms with Crippen molar-refractivity contribution in [3.05, 3.63) is 35.9 Å². The van der Waals surface area contributed by atoms with Crippen molar-refractivity contribution in [3.63, 3.8) is 0 Å². The molecule has 1 atom stereocenters. The summed E-state index contributed by atoms with van der Waals surface area (Å²) in [5.41, 5.74) is 1.02. The van der Waals surface area contributed by atoms with Gasteiger partial charge in [0.15, 0.2) is 0 Å². The van der Waals surface area contributed by atoms with Gasteiger partial charge in [0.05, 0.1) is 5.92 Å². The molecule has 0 radical (unpaired) electrons. The van der Waals surface area contributed by atoms with Gasteiger partial charge in [-0.05, 0) is 12.0 Å². The van der Waals surface area contributed by atoms with Gasteiger partial charge in [-0.3, -0.25) is 4.79 Å². The van der Waals surface area contributed by atoms with E-state index >= 15 is 0 Å². The van der Waals surface area contributed by atoms with Gasteiger partial charge in [0.25, 0.3) is 0 Å². The van der Waals surface area contributed by atoms with E-state index in [4.69, 9.17) is 15.4 Å². The lowest BCUT2D eigenvalue weighted by molar-refractivity contribution is -0.143. The molecule has 1 aromatic carbocycles. The highest BCUT2D eigenvalue weighted by molar-refractivity contribution is 6.31. The van der Waals surface area contributed by atoms with Crippen LogP contribution in [-0.4, -0.2) is 29.7 Å². The Hall–Kier alpha value is -2.17. The number of hydrogen-bond donors (Lipinski definition) is 2. The zero-order chi connectivity index (χ0) is 16.9. The largest absolute Gasteiger partial charge is 0.465 e. The van der Waals surface area contributed by atoms with Crippen LogP contribution in [0.4, 0.5) is 0 Å². The fourth-order valence-corrected chi connectivity index (χ4v) is 2.36. The summed E-state index contributed by atoms with van der Waals surface area (Å²) >= 11 is 0. The first-order valence-corrected chi connectivity index (χ1v) is 8.15. The maximum atomic E-state index is 11.8. The van der Waals surface area contributed by atoms with Crippen molar-refractivity contribution >= 4 is 17.9 Å². The van der Waals surface area contributed by atoms with Gasteiger partial charge in [0.2, 0.25) is 0 Å². The quantitative estimate of drug-likeness (QED) is 0.211. The molecule has 0 amide bonds. The van der Waals surface area contributed by atoms with Crippen molar-refractivity contribution < 1.29 is 14.7 Å². The molecule has 0 heterocycles. The van der Waals surface area contributed by atoms with E-state index in [1.54, 1.807) is 0 Å². The maximum Gasteiger partial charge on any atom is 0.305 e. The number of hydrogen-bond acceptors (Lipinski definition) is 5. The average Bonchev–Trinajstić information content (AvgIpc) is 2.59. The first-order valence-electron chi connectivity index (χ1n) is 8.15. The molecule has 1 aromatic rings. The summed E-state index contributed by atoms with van der Waals surface area (Å²) in [4.78, 5) is 11.8. The average molecular weight is 318 g/mol. The highest BCUT2D eigenvalue weighted by atomic mass is 16.5. The van der Waals surface area contributed by atoms with Crippen LogP contribution < -0.4 is 0 Å². The zero-order valence-electron chi connectivity index (χ0n) is 13.7. The molecule has 0 saturated heterocycles. The van der Waals surface area contributed by atoms with Crippen LogP contribution in [0.5, 0.6) is 0 Å². The fraction of sp³-hybridized carbons (Fsp3) is 0.500. The number of unbranched alkanes of at least 4 members (excludes halogenated alkanes) is 4. The second-order valence-corrected chi connectivity index (χ2v) is 5.48. The lowest BCUT2D eigenvalue weighted by Crippen LogP contribution is -2.21. The van der Waals surface area contributed by atoms with E-state index in [9.17, 15) is 4.79 Å². The molecule has 5 nitrogen and oxygen atoms in total. The Balaban J connectivity index is 2.52. The predicted octanol–water partition coefficient (Wildman–Crippen LogP) is 4.15. The van der Waals surface area contributed by atoms with Crippen LogP contribution in [0.3, 0.4) is 0 Å². The van der Waals surface area contributed by atoms with E-state index in [1.807, 2.05) is 30.3 Å². The van der Waals surface area contributed by atoms with Crippen molar-refractivity contribution in [3.8, 4) is 0 Å². The Morgan fingerprint density at radius 1 is 1.26 bits per heavy atom. The van der Waals surface area contributed by atoms with E-state index < -0.39 is 5.92 Å². The van der Waals surface area contributed by atoms with Gasteiger partial charge >= 0.3 is 5.97 Å². The van der Waals surface area contributed by atoms with Gasteiger partial charge < -0.3 is 15.4 Å². The van der Waals surface area contributed by atoms with Crippen LogP contribution in [0, 0.1) is 5.41 Å². The molecule has 126 valence electrons. The van der Waals surface area contributed by atoms with E-state index in [0.29, 0.717) is 6.42 Å². The third-order valence-corrected chi connectivity index (χ3v) is 3.72. The fourth-order valence-electron chi connectivity index (χ4n) is 2.36. The number of nitrogens with zero attached hydrogens (tertiary/aromatic N) is 1. The van der Waals surface area contributed by atoms with E-state index in [-0.39, 0.29) is 18.3 Å². The lowest BCUT2D eigenvalue weighted by atomic mass is 9.95. The second-order valence-electron chi connectivity index (χ2n) is 5.48. The predicted molar refractivity (Wildman–Crippen MR) is 91.5 cm³/mol. The van der Waals surface area contributed by atoms with E-state index in [2.05, 4.69) is 12.1 Å². The van der Waals surface area contributed by atoms with Crippen LogP contribution in [0.1, 0.15) is 56.9 Å². The van der Waals surface area contributed by atoms with Crippen LogP contribution in [0.25, 0.3) is 0 Å². The molecule has 1 unspecified atom stereocenters. The Labute approximate surface area is 137 Å². The Bertz CT molecular complexity index is 500. The minimum absolute atomic E-state index is 0.0760. The number of oxime groups is 1. The van der Waals surface area contributed by atoms with Crippen molar-refractivity contribution in [2.75, 3.05) is 6.61 Å². The minimum Gasteiger partial charge on any atom is -0.465 e. The van der Waals surface area contributed by atoms with Gasteiger partial charge in [0.1, 0.15) is 12.3 Å². The van der Waals surface area contributed by atoms with Crippen molar-refractivity contribution in [1.29, 1.82) is 5.41 Å². The molecule has 23 heavy (non-hydrogen) atoms. The van der Waals surface area contributed by atoms with Crippen LogP contribution in [-0.2, 0) is 9.53 Å². The summed E-state index contributed by atoms with van der Waals surface area (Å²) in [6.45, 7) is 2.23. The van der Waals surface area contributed by atoms with Gasteiger partial charge in [0, 0.05) is 12.6 Å². The standard InChI is InChI=1S/C18H26N2O3/c1-2-3-4-5-9-12-18(21)23-14-16(17(13-19)20-22)15-10-7-6-8-11-15/h6-8,10-11,13,16,19,22H,2-5,9,12,14H2,1H3. The molecule has 5 heteroatoms. The molecule has 0 aromatic heterocycles. The number of benzene rings is 1. The molecule has 0 bridgehead atoms. The Kier molecular flexibility index (Phi) is 9.36. The van der Waals surface area contributed by atoms with Crippen LogP contribution >= 0.6 is 0 Å². The highest BCUT2D eigenvalue weighted by Crippen LogP contribution is 2.18. The summed E-state index contributed by atoms with van der Waals surface area (Å²) in [6, 6.07) is 9.31. The summed E-state index contributed by atoms with van der Waals surface area (Å²) in [6.07, 6.45) is 6.77. The number of ether oxygens (including phenoxy) is 1. The molecule has 0 aliphatic heterocycles. The third kappa shape index (κ3) is 7.08. The normalized spacial score (nSPS) is 12.7. The first kappa shape index (κ1) is 18.9. The number of rotatable bonds is 11. The molecular formula is C18H26N2O3. The second kappa shape index (κ2) is 11.4. The SMILES string of the molecule is CCCCCCCC(=O)OCC(C(C=N)=NO)c1ccccc1. The van der Waals surface area contributed by atoms with Crippen molar-refractivity contribution in [2.45, 2.75) is 51.4 Å². The molecule has 0 saturated carbocycles. The molecular weight excluding hydrogens is 292 g/mol. The Morgan fingerprint density at radius 2 is 1.96 bits per heavy atom. The van der Waals surface area contributed by atoms with Crippen LogP contribution in [0.15, 0.2) is 35.5 Å². The maximum absolute atomic E-state index is 11.8. The van der Waals surface area contributed by atoms with Gasteiger partial charge in [-0.2, -0.15) is 0 Å². The monoisotopic (exact) mass is 318 g/mol. The third-order valence-electron chi connectivity index (χ3n) is 3.72. The number of carbonyl (C=O) groups excluding carboxylic acids is 1. The number of esters is 1. The van der Waals surface area contributed by atoms with Crippen molar-refractivity contribution in [1.82, 2.24) is 0 Å². The van der Waals surface area contributed by atoms with Gasteiger partial charge in [-0.25, -0.2) is 0 Å². The summed E-state index contributed by atoms with van der Waals surface area (Å²) in [7, 11) is 0. The molecule has 0 aliphatic rings. The molecule has 0 aliphatic carbocycles. The van der Waals surface area contributed by atoms with Gasteiger partial charge in [-0.15, -0.1) is 0 Å². The lowest BCUT2D eigenvalue weighted by Gasteiger charge is -2.16. The molecule has 0 spiro atoms. The van der Waals surface area contributed by atoms with E-state index in [0.717, 1.165) is 31.0 Å². The van der Waals surface area contributed by atoms with E-state index in [1.165, 1.54) is 12.8 Å². The van der Waals surface area contributed by atoms with Crippen molar-refractivity contribution in [2.24, 2.45) is 5.16 Å². The van der Waals surface area contributed by atoms with Gasteiger partial charge in [-0.1, -0.05) is 68.1 Å². The first-order chi connectivity index (χ1) is 11.2. The zero-order valence-corrected chi connectivity index (χ0v) is 13.7. The summed E-state index contributed by atoms with van der Waals surface area (Å²) in [5, 5.41) is 19.5. The Morgan fingerprint density at radius 3 is 2.57 bits per heavy atom. The molecule has 0 fully saturated rings. The molecule has 1 rings (SSSR count). The van der Waals surface area contributed by atoms with Crippen LogP contribution in [0.2, 0.25) is 0 Å². The smallest absolute Gasteiger partial charge is 0.305 e. The topological polar surface area (TPSA) is 82.7 Å². The molecule has 2 N–H and O–H groups in total. The minimum atomic E-state index is -0.428. The highest BCUT2D eigenvalue weighted by Gasteiger charge is 2.19. The summed E-state index contributed by atoms with van der Waals surface area (Å²) in [5.74, 6) is -0.674. The summed E-state index contributed by atoms with van der Waals surface area (Å²) < 4.78 is 5.32.